The zero-order valence-electron chi connectivity index (χ0n) is 16.1. The molecule has 146 valence electrons. The van der Waals surface area contributed by atoms with E-state index in [0.717, 1.165) is 22.4 Å². The zero-order valence-corrected chi connectivity index (χ0v) is 16.8. The Morgan fingerprint density at radius 2 is 1.86 bits per heavy atom. The Bertz CT molecular complexity index is 1120. The van der Waals surface area contributed by atoms with Crippen molar-refractivity contribution in [3.05, 3.63) is 93.7 Å². The molecule has 3 aromatic rings. The first-order chi connectivity index (χ1) is 14.0. The van der Waals surface area contributed by atoms with Gasteiger partial charge in [-0.15, -0.1) is 0 Å². The van der Waals surface area contributed by atoms with Crippen molar-refractivity contribution in [3.63, 3.8) is 0 Å². The van der Waals surface area contributed by atoms with Gasteiger partial charge < -0.3 is 14.2 Å². The van der Waals surface area contributed by atoms with Crippen molar-refractivity contribution in [2.45, 2.75) is 13.5 Å². The summed E-state index contributed by atoms with van der Waals surface area (Å²) in [4.78, 5) is 12.8. The molecule has 29 heavy (non-hydrogen) atoms. The van der Waals surface area contributed by atoms with Crippen LogP contribution in [-0.4, -0.2) is 12.9 Å². The second-order valence-electron chi connectivity index (χ2n) is 6.71. The standard InChI is InChI=1S/C24H19ClO4/c1-15-10-19(28-14-16-6-5-8-18(11-16)27-2)13-21-23(15)24(26)22(29-21)12-17-7-3-4-9-20(17)25/h3-13H,14H2,1-2H3/b22-12-. The number of carbonyl (C=O) groups excluding carboxylic acids is 1. The highest BCUT2D eigenvalue weighted by molar-refractivity contribution is 6.32. The fraction of sp³-hybridized carbons (Fsp3) is 0.125. The highest BCUT2D eigenvalue weighted by atomic mass is 35.5. The zero-order chi connectivity index (χ0) is 20.4. The number of hydrogen-bond acceptors (Lipinski definition) is 4. The molecule has 4 rings (SSSR count). The Balaban J connectivity index is 1.57. The topological polar surface area (TPSA) is 44.8 Å². The van der Waals surface area contributed by atoms with Gasteiger partial charge in [-0.25, -0.2) is 0 Å². The number of hydrogen-bond donors (Lipinski definition) is 0. The van der Waals surface area contributed by atoms with Crippen molar-refractivity contribution in [3.8, 4) is 17.2 Å². The van der Waals surface area contributed by atoms with Crippen LogP contribution >= 0.6 is 11.6 Å². The van der Waals surface area contributed by atoms with Gasteiger partial charge in [0.2, 0.25) is 5.78 Å². The van der Waals surface area contributed by atoms with E-state index >= 15 is 0 Å². The Kier molecular flexibility index (Phi) is 5.28. The number of ketones is 1. The van der Waals surface area contributed by atoms with Crippen LogP contribution in [0.1, 0.15) is 27.0 Å². The van der Waals surface area contributed by atoms with Crippen LogP contribution in [0.15, 0.2) is 66.4 Å². The Morgan fingerprint density at radius 1 is 1.03 bits per heavy atom. The van der Waals surface area contributed by atoms with Crippen LogP contribution in [0.25, 0.3) is 6.08 Å². The SMILES string of the molecule is COc1cccc(COc2cc(C)c3c(c2)O/C(=C\c2ccccc2Cl)C3=O)c1. The minimum Gasteiger partial charge on any atom is -0.497 e. The second-order valence-corrected chi connectivity index (χ2v) is 7.12. The first kappa shape index (κ1) is 19.1. The van der Waals surface area contributed by atoms with Crippen LogP contribution in [-0.2, 0) is 6.61 Å². The lowest BCUT2D eigenvalue weighted by atomic mass is 10.0. The van der Waals surface area contributed by atoms with Crippen molar-refractivity contribution < 1.29 is 19.0 Å². The van der Waals surface area contributed by atoms with E-state index in [1.165, 1.54) is 0 Å². The van der Waals surface area contributed by atoms with Gasteiger partial charge in [-0.2, -0.15) is 0 Å². The molecule has 0 N–H and O–H groups in total. The highest BCUT2D eigenvalue weighted by Gasteiger charge is 2.30. The maximum absolute atomic E-state index is 12.8. The molecule has 1 aliphatic heterocycles. The van der Waals surface area contributed by atoms with E-state index in [0.29, 0.717) is 28.7 Å². The smallest absolute Gasteiger partial charge is 0.232 e. The van der Waals surface area contributed by atoms with Gasteiger partial charge >= 0.3 is 0 Å². The van der Waals surface area contributed by atoms with Crippen LogP contribution in [0, 0.1) is 6.92 Å². The Labute approximate surface area is 174 Å². The maximum Gasteiger partial charge on any atom is 0.232 e. The quantitative estimate of drug-likeness (QED) is 0.498. The number of rotatable bonds is 5. The van der Waals surface area contributed by atoms with Gasteiger partial charge in [0.05, 0.1) is 12.7 Å². The van der Waals surface area contributed by atoms with Crippen LogP contribution in [0.4, 0.5) is 0 Å². The van der Waals surface area contributed by atoms with Gasteiger partial charge in [-0.3, -0.25) is 4.79 Å². The number of allylic oxidation sites excluding steroid dienone is 1. The molecule has 0 atom stereocenters. The van der Waals surface area contributed by atoms with E-state index in [4.69, 9.17) is 25.8 Å². The molecule has 4 nitrogen and oxygen atoms in total. The van der Waals surface area contributed by atoms with Gasteiger partial charge in [-0.05, 0) is 54.0 Å². The van der Waals surface area contributed by atoms with Gasteiger partial charge in [0.25, 0.3) is 0 Å². The third kappa shape index (κ3) is 3.98. The van der Waals surface area contributed by atoms with Gasteiger partial charge in [0.15, 0.2) is 5.76 Å². The number of ether oxygens (including phenoxy) is 3. The predicted molar refractivity (Wildman–Crippen MR) is 113 cm³/mol. The lowest BCUT2D eigenvalue weighted by Crippen LogP contribution is -2.00. The fourth-order valence-electron chi connectivity index (χ4n) is 3.22. The molecule has 0 fully saturated rings. The number of Topliss-reactive ketones (excluding diaryl/α,β-unsaturated/α-hetero) is 1. The van der Waals surface area contributed by atoms with Crippen molar-refractivity contribution in [2.24, 2.45) is 0 Å². The van der Waals surface area contributed by atoms with Crippen LogP contribution < -0.4 is 14.2 Å². The Morgan fingerprint density at radius 3 is 2.66 bits per heavy atom. The van der Waals surface area contributed by atoms with E-state index < -0.39 is 0 Å². The van der Waals surface area contributed by atoms with Gasteiger partial charge in [0, 0.05) is 11.1 Å². The predicted octanol–water partition coefficient (Wildman–Crippen LogP) is 5.85. The number of halogens is 1. The summed E-state index contributed by atoms with van der Waals surface area (Å²) in [5.74, 6) is 2.00. The normalized spacial score (nSPS) is 13.9. The maximum atomic E-state index is 12.8. The lowest BCUT2D eigenvalue weighted by Gasteiger charge is -2.10. The first-order valence-electron chi connectivity index (χ1n) is 9.14. The fourth-order valence-corrected chi connectivity index (χ4v) is 3.41. The summed E-state index contributed by atoms with van der Waals surface area (Å²) in [5.41, 5.74) is 3.07. The van der Waals surface area contributed by atoms with E-state index in [-0.39, 0.29) is 11.5 Å². The summed E-state index contributed by atoms with van der Waals surface area (Å²) in [6, 6.07) is 18.6. The molecule has 0 aromatic heterocycles. The average molecular weight is 407 g/mol. The minimum absolute atomic E-state index is 0.156. The summed E-state index contributed by atoms with van der Waals surface area (Å²) in [6.45, 7) is 2.25. The molecule has 0 saturated heterocycles. The van der Waals surface area contributed by atoms with Crippen molar-refractivity contribution in [2.75, 3.05) is 7.11 Å². The third-order valence-corrected chi connectivity index (χ3v) is 5.02. The van der Waals surface area contributed by atoms with Crippen LogP contribution in [0.5, 0.6) is 17.2 Å². The van der Waals surface area contributed by atoms with E-state index in [1.807, 2.05) is 55.5 Å². The molecule has 5 heteroatoms. The number of methoxy groups -OCH3 is 1. The number of aryl methyl sites for hydroxylation is 1. The largest absolute Gasteiger partial charge is 0.497 e. The molecule has 0 saturated carbocycles. The second kappa shape index (κ2) is 8.02. The lowest BCUT2D eigenvalue weighted by molar-refractivity contribution is 0.101. The van der Waals surface area contributed by atoms with Crippen LogP contribution in [0.3, 0.4) is 0 Å². The summed E-state index contributed by atoms with van der Waals surface area (Å²) in [7, 11) is 1.63. The number of benzene rings is 3. The van der Waals surface area contributed by atoms with Crippen LogP contribution in [0.2, 0.25) is 5.02 Å². The molecule has 1 aliphatic rings. The highest BCUT2D eigenvalue weighted by Crippen LogP contribution is 2.38. The molecule has 3 aromatic carbocycles. The van der Waals surface area contributed by atoms with E-state index in [1.54, 1.807) is 25.3 Å². The molecule has 1 heterocycles. The summed E-state index contributed by atoms with van der Waals surface area (Å²) >= 11 is 6.20. The number of fused-ring (bicyclic) bond motifs is 1. The molecule has 0 amide bonds. The molecular formula is C24H19ClO4. The van der Waals surface area contributed by atoms with Gasteiger partial charge in [-0.1, -0.05) is 41.9 Å². The molecule has 0 radical (unpaired) electrons. The Hall–Kier alpha value is -3.24. The average Bonchev–Trinajstić information content (AvgIpc) is 3.04. The van der Waals surface area contributed by atoms with Gasteiger partial charge in [0.1, 0.15) is 23.9 Å². The molecule has 0 bridgehead atoms. The molecule has 0 unspecified atom stereocenters. The number of carbonyl (C=O) groups is 1. The van der Waals surface area contributed by atoms with E-state index in [9.17, 15) is 4.79 Å². The van der Waals surface area contributed by atoms with Crippen molar-refractivity contribution >= 4 is 23.5 Å². The monoisotopic (exact) mass is 406 g/mol. The van der Waals surface area contributed by atoms with E-state index in [2.05, 4.69) is 0 Å². The molecule has 0 spiro atoms. The molecule has 0 aliphatic carbocycles. The summed E-state index contributed by atoms with van der Waals surface area (Å²) in [5, 5.41) is 0.561. The summed E-state index contributed by atoms with van der Waals surface area (Å²) < 4.78 is 17.0. The first-order valence-corrected chi connectivity index (χ1v) is 9.52. The minimum atomic E-state index is -0.156. The summed E-state index contributed by atoms with van der Waals surface area (Å²) in [6.07, 6.45) is 1.67. The van der Waals surface area contributed by atoms with Crippen molar-refractivity contribution in [1.29, 1.82) is 0 Å². The third-order valence-electron chi connectivity index (χ3n) is 4.68. The molecular weight excluding hydrogens is 388 g/mol. The van der Waals surface area contributed by atoms with Crippen molar-refractivity contribution in [1.82, 2.24) is 0 Å².